The van der Waals surface area contributed by atoms with Crippen LogP contribution in [0.2, 0.25) is 0 Å². The highest BCUT2D eigenvalue weighted by Crippen LogP contribution is 2.44. The maximum Gasteiger partial charge on any atom is 0.356 e. The Balaban J connectivity index is 0.957. The fourth-order valence-corrected chi connectivity index (χ4v) is 10.7. The summed E-state index contributed by atoms with van der Waals surface area (Å²) in [6, 6.07) is 51.8. The molecule has 1 saturated heterocycles. The van der Waals surface area contributed by atoms with E-state index in [1.54, 1.807) is 17.8 Å². The van der Waals surface area contributed by atoms with Gasteiger partial charge in [-0.3, -0.25) is 19.5 Å². The van der Waals surface area contributed by atoms with E-state index in [1.807, 2.05) is 139 Å². The van der Waals surface area contributed by atoms with Crippen molar-refractivity contribution in [3.63, 3.8) is 0 Å². The summed E-state index contributed by atoms with van der Waals surface area (Å²) in [5.41, 5.74) is 4.42. The van der Waals surface area contributed by atoms with Gasteiger partial charge in [-0.15, -0.1) is 23.1 Å². The fraction of sp³-hybridized carbons (Fsp3) is 0.118. The number of carbonyl (C=O) groups excluding carboxylic acids is 3. The van der Waals surface area contributed by atoms with E-state index in [1.165, 1.54) is 39.8 Å². The minimum absolute atomic E-state index is 0.105. The summed E-state index contributed by atoms with van der Waals surface area (Å²) in [6.45, 7) is 0. The molecule has 9 rings (SSSR count). The quantitative estimate of drug-likeness (QED) is 0.0396. The maximum atomic E-state index is 14.5. The van der Waals surface area contributed by atoms with Crippen LogP contribution in [0, 0.1) is 0 Å². The number of hydrogen-bond donors (Lipinski definition) is 3. The number of carbonyl (C=O) groups is 3. The van der Waals surface area contributed by atoms with Crippen LogP contribution >= 0.6 is 34.9 Å². The summed E-state index contributed by atoms with van der Waals surface area (Å²) >= 11 is 4.11. The molecular weight excluding hydrogens is 859 g/mol. The van der Waals surface area contributed by atoms with Crippen LogP contribution in [0.3, 0.4) is 0 Å². The molecule has 2 aliphatic heterocycles. The van der Waals surface area contributed by atoms with Crippen LogP contribution in [-0.2, 0) is 24.7 Å². The summed E-state index contributed by atoms with van der Waals surface area (Å²) in [4.78, 5) is 53.6. The summed E-state index contributed by atoms with van der Waals surface area (Å²) in [5, 5.41) is 21.3. The zero-order valence-corrected chi connectivity index (χ0v) is 36.6. The molecule has 1 fully saturated rings. The minimum Gasteiger partial charge on any atom is -0.448 e. The Morgan fingerprint density at radius 2 is 1.36 bits per heavy atom. The number of rotatable bonds is 15. The molecule has 0 bridgehead atoms. The number of anilines is 1. The molecular formula is C51H41N5O5S3. The Kier molecular flexibility index (Phi) is 12.8. The van der Waals surface area contributed by atoms with E-state index in [9.17, 15) is 19.5 Å². The molecule has 64 heavy (non-hydrogen) atoms. The number of allylic oxidation sites excluding steroid dienone is 1. The average molecular weight is 900 g/mol. The van der Waals surface area contributed by atoms with E-state index in [2.05, 4.69) is 52.0 Å². The van der Waals surface area contributed by atoms with Crippen molar-refractivity contribution in [2.24, 2.45) is 0 Å². The third-order valence-electron chi connectivity index (χ3n) is 11.0. The molecule has 2 aliphatic rings. The number of thiazole rings is 1. The van der Waals surface area contributed by atoms with Gasteiger partial charge in [0.2, 0.25) is 0 Å². The van der Waals surface area contributed by atoms with E-state index in [4.69, 9.17) is 9.72 Å². The van der Waals surface area contributed by atoms with Crippen LogP contribution in [-0.4, -0.2) is 54.9 Å². The number of β-lactam (4-membered cyclic amide) rings is 1. The second kappa shape index (κ2) is 19.3. The first kappa shape index (κ1) is 42.5. The van der Waals surface area contributed by atoms with Gasteiger partial charge in [0.05, 0.1) is 5.69 Å². The number of benzene rings is 5. The summed E-state index contributed by atoms with van der Waals surface area (Å²) in [7, 11) is 0. The number of fused-ring (bicyclic) bond motifs is 1. The molecule has 0 saturated carbocycles. The first-order chi connectivity index (χ1) is 31.4. The molecule has 0 spiro atoms. The van der Waals surface area contributed by atoms with Crippen LogP contribution in [0.25, 0.3) is 0 Å². The topological polar surface area (TPSA) is 134 Å². The third kappa shape index (κ3) is 8.75. The van der Waals surface area contributed by atoms with E-state index < -0.39 is 46.9 Å². The van der Waals surface area contributed by atoms with Crippen molar-refractivity contribution in [1.29, 1.82) is 0 Å². The Morgan fingerprint density at radius 3 is 1.91 bits per heavy atom. The van der Waals surface area contributed by atoms with E-state index >= 15 is 0 Å². The monoisotopic (exact) mass is 899 g/mol. The molecule has 2 unspecified atom stereocenters. The predicted octanol–water partition coefficient (Wildman–Crippen LogP) is 9.27. The summed E-state index contributed by atoms with van der Waals surface area (Å²) in [5.74, 6) is -1.60. The van der Waals surface area contributed by atoms with Crippen molar-refractivity contribution < 1.29 is 24.2 Å². The first-order valence-corrected chi connectivity index (χ1v) is 23.3. The second-order valence-corrected chi connectivity index (χ2v) is 17.9. The van der Waals surface area contributed by atoms with Gasteiger partial charge in [0.1, 0.15) is 22.7 Å². The smallest absolute Gasteiger partial charge is 0.356 e. The predicted molar refractivity (Wildman–Crippen MR) is 252 cm³/mol. The third-order valence-corrected chi connectivity index (χ3v) is 13.9. The number of amides is 2. The van der Waals surface area contributed by atoms with Crippen molar-refractivity contribution in [3.05, 3.63) is 238 Å². The number of aromatic nitrogens is 2. The highest BCUT2D eigenvalue weighted by atomic mass is 32.2. The Bertz CT molecular complexity index is 2640. The number of nitrogens with zero attached hydrogens (tertiary/aromatic N) is 3. The van der Waals surface area contributed by atoms with Crippen molar-refractivity contribution >= 4 is 57.8 Å². The maximum absolute atomic E-state index is 14.5. The van der Waals surface area contributed by atoms with Gasteiger partial charge in [-0.05, 0) is 57.0 Å². The summed E-state index contributed by atoms with van der Waals surface area (Å²) < 4.78 is 6.30. The van der Waals surface area contributed by atoms with Crippen LogP contribution in [0.4, 0.5) is 5.13 Å². The normalized spacial score (nSPS) is 16.5. The molecule has 0 radical (unpaired) electrons. The molecule has 10 nitrogen and oxygen atoms in total. The molecule has 2 amide bonds. The largest absolute Gasteiger partial charge is 0.448 e. The minimum atomic E-state index is -1.68. The number of hydrogen-bond acceptors (Lipinski definition) is 11. The lowest BCUT2D eigenvalue weighted by molar-refractivity contribution is -0.155. The molecule has 318 valence electrons. The molecule has 5 aromatic carbocycles. The highest BCUT2D eigenvalue weighted by molar-refractivity contribution is 8.02. The first-order valence-electron chi connectivity index (χ1n) is 20.5. The van der Waals surface area contributed by atoms with E-state index in [0.717, 1.165) is 32.7 Å². The van der Waals surface area contributed by atoms with Gasteiger partial charge in [-0.2, -0.15) is 0 Å². The van der Waals surface area contributed by atoms with Crippen LogP contribution < -0.4 is 10.6 Å². The van der Waals surface area contributed by atoms with Gasteiger partial charge >= 0.3 is 5.97 Å². The molecule has 2 aromatic heterocycles. The fourth-order valence-electron chi connectivity index (χ4n) is 7.90. The molecule has 3 N–H and O–H groups in total. The number of aliphatic hydroxyl groups excluding tert-OH is 1. The van der Waals surface area contributed by atoms with Crippen LogP contribution in [0.15, 0.2) is 209 Å². The van der Waals surface area contributed by atoms with Crippen molar-refractivity contribution in [2.45, 2.75) is 34.1 Å². The standard InChI is InChI=1S/C51H41N5O5S3/c57-44(41-33-64-50(53-41)55-51(37-21-10-3-11-22-37,38-23-12-4-13-24-38)39-25-14-5-15-26-39)46(58)54-42-47(59)56-43(36(32-63-48(42)56)28-30-62-40-27-16-29-52-31-40)49(60)61-45(34-17-6-1-7-18-34)35-19-8-2-9-20-35/h1-31,33,42,44-45,48,57H,32H2,(H,53,55)(H,54,58)/b30-28+/t42?,44?,48-/m1/s1. The lowest BCUT2D eigenvalue weighted by Crippen LogP contribution is -2.70. The van der Waals surface area contributed by atoms with E-state index in [0.29, 0.717) is 16.5 Å². The van der Waals surface area contributed by atoms with E-state index in [-0.39, 0.29) is 11.4 Å². The molecule has 4 heterocycles. The van der Waals surface area contributed by atoms with Gasteiger partial charge in [-0.1, -0.05) is 163 Å². The number of ether oxygens (including phenoxy) is 1. The number of pyridine rings is 1. The van der Waals surface area contributed by atoms with Crippen molar-refractivity contribution in [3.8, 4) is 0 Å². The Labute approximate surface area is 383 Å². The second-order valence-electron chi connectivity index (χ2n) is 14.9. The number of nitrogens with one attached hydrogen (secondary N) is 2. The van der Waals surface area contributed by atoms with Crippen molar-refractivity contribution in [2.75, 3.05) is 11.1 Å². The summed E-state index contributed by atoms with van der Waals surface area (Å²) in [6.07, 6.45) is 2.83. The SMILES string of the molecule is O=C(OC(c1ccccc1)c1ccccc1)C1=C(/C=C/Sc2cccnc2)CS[C@@H]2C(NC(=O)C(O)c3csc(NC(c4ccccc4)(c4ccccc4)c4ccccc4)n3)C(=O)N12. The number of esters is 1. The van der Waals surface area contributed by atoms with Gasteiger partial charge in [-0.25, -0.2) is 9.78 Å². The van der Waals surface area contributed by atoms with Gasteiger partial charge in [0.25, 0.3) is 11.8 Å². The lowest BCUT2D eigenvalue weighted by Gasteiger charge is -2.49. The zero-order chi connectivity index (χ0) is 43.9. The highest BCUT2D eigenvalue weighted by Gasteiger charge is 2.55. The lowest BCUT2D eigenvalue weighted by atomic mass is 9.77. The Hall–Kier alpha value is -6.77. The Morgan fingerprint density at radius 1 is 0.797 bits per heavy atom. The van der Waals surface area contributed by atoms with Gasteiger partial charge in [0.15, 0.2) is 17.3 Å². The zero-order valence-electron chi connectivity index (χ0n) is 34.1. The van der Waals surface area contributed by atoms with Gasteiger partial charge in [0, 0.05) is 28.4 Å². The van der Waals surface area contributed by atoms with Gasteiger partial charge < -0.3 is 20.5 Å². The molecule has 0 aliphatic carbocycles. The average Bonchev–Trinajstić information content (AvgIpc) is 3.83. The number of thioether (sulfide) groups is 2. The molecule has 7 aromatic rings. The van der Waals surface area contributed by atoms with Crippen molar-refractivity contribution in [1.82, 2.24) is 20.2 Å². The molecule has 3 atom stereocenters. The van der Waals surface area contributed by atoms with Crippen LogP contribution in [0.1, 0.15) is 45.7 Å². The molecule has 13 heteroatoms. The number of aliphatic hydroxyl groups is 1. The van der Waals surface area contributed by atoms with Crippen LogP contribution in [0.5, 0.6) is 0 Å².